The molecule has 1 aromatic carbocycles. The van der Waals surface area contributed by atoms with Gasteiger partial charge in [0.05, 0.1) is 17.1 Å². The van der Waals surface area contributed by atoms with E-state index in [2.05, 4.69) is 18.7 Å². The van der Waals surface area contributed by atoms with Crippen LogP contribution in [-0.2, 0) is 11.3 Å². The van der Waals surface area contributed by atoms with E-state index >= 15 is 0 Å². The lowest BCUT2D eigenvalue weighted by molar-refractivity contribution is 0.140. The molecule has 31 heavy (non-hydrogen) atoms. The molecule has 9 heteroatoms. The second kappa shape index (κ2) is 9.16. The molecule has 0 unspecified atom stereocenters. The molecule has 1 fully saturated rings. The predicted molar refractivity (Wildman–Crippen MR) is 125 cm³/mol. The van der Waals surface area contributed by atoms with Crippen molar-refractivity contribution in [3.63, 3.8) is 0 Å². The van der Waals surface area contributed by atoms with Gasteiger partial charge in [-0.3, -0.25) is 0 Å². The number of benzene rings is 1. The van der Waals surface area contributed by atoms with Crippen LogP contribution in [0.4, 0.5) is 5.82 Å². The van der Waals surface area contributed by atoms with Gasteiger partial charge in [0, 0.05) is 42.5 Å². The summed E-state index contributed by atoms with van der Waals surface area (Å²) in [6.07, 6.45) is 4.20. The van der Waals surface area contributed by atoms with E-state index in [1.807, 2.05) is 35.9 Å². The number of rotatable bonds is 7. The largest absolute Gasteiger partial charge is 0.490 e. The molecule has 1 aliphatic rings. The van der Waals surface area contributed by atoms with E-state index in [1.54, 1.807) is 6.07 Å². The molecule has 0 spiro atoms. The van der Waals surface area contributed by atoms with Gasteiger partial charge in [-0.15, -0.1) is 0 Å². The number of halogens is 1. The third-order valence-corrected chi connectivity index (χ3v) is 6.45. The summed E-state index contributed by atoms with van der Waals surface area (Å²) in [5, 5.41) is 19.5. The summed E-state index contributed by atoms with van der Waals surface area (Å²) in [5.74, 6) is 1.70. The smallest absolute Gasteiger partial charge is 0.423 e. The van der Waals surface area contributed by atoms with Gasteiger partial charge in [0.15, 0.2) is 0 Å². The fourth-order valence-corrected chi connectivity index (χ4v) is 4.74. The molecule has 0 aliphatic carbocycles. The maximum absolute atomic E-state index is 9.61. The summed E-state index contributed by atoms with van der Waals surface area (Å²) in [5.41, 5.74) is 2.46. The fourth-order valence-electron chi connectivity index (χ4n) is 4.44. The first kappa shape index (κ1) is 22.1. The average Bonchev–Trinajstić information content (AvgIpc) is 3.29. The molecule has 3 heterocycles. The zero-order chi connectivity index (χ0) is 22.1. The molecule has 2 atom stereocenters. The topological polar surface area (TPSA) is 83.6 Å². The van der Waals surface area contributed by atoms with Gasteiger partial charge in [0.1, 0.15) is 17.2 Å². The molecule has 0 bridgehead atoms. The molecular formula is C22H28BClN4O3. The number of hydrogen-bond acceptors (Lipinski definition) is 6. The lowest BCUT2D eigenvalue weighted by atomic mass is 9.80. The fraction of sp³-hybridized carbons (Fsp3) is 0.455. The van der Waals surface area contributed by atoms with Crippen molar-refractivity contribution in [2.75, 3.05) is 18.1 Å². The second-order valence-corrected chi connectivity index (χ2v) is 8.46. The molecule has 164 valence electrons. The Morgan fingerprint density at radius 3 is 2.52 bits per heavy atom. The average molecular weight is 443 g/mol. The number of anilines is 1. The molecule has 2 N–H and O–H groups in total. The lowest BCUT2D eigenvalue weighted by Gasteiger charge is -2.27. The first-order valence-electron chi connectivity index (χ1n) is 10.8. The number of fused-ring (bicyclic) bond motifs is 1. The van der Waals surface area contributed by atoms with Crippen molar-refractivity contribution in [2.24, 2.45) is 0 Å². The Balaban J connectivity index is 1.76. The van der Waals surface area contributed by atoms with Crippen LogP contribution in [0, 0.1) is 0 Å². The van der Waals surface area contributed by atoms with E-state index < -0.39 is 7.12 Å². The number of pyridine rings is 1. The van der Waals surface area contributed by atoms with Crippen LogP contribution in [0.5, 0.6) is 0 Å². The Morgan fingerprint density at radius 2 is 1.90 bits per heavy atom. The maximum atomic E-state index is 9.61. The Kier molecular flexibility index (Phi) is 6.53. The van der Waals surface area contributed by atoms with Gasteiger partial charge < -0.3 is 24.3 Å². The lowest BCUT2D eigenvalue weighted by Crippen LogP contribution is -2.33. The molecule has 3 aromatic rings. The van der Waals surface area contributed by atoms with E-state index in [4.69, 9.17) is 26.3 Å². The van der Waals surface area contributed by atoms with Crippen LogP contribution < -0.4 is 10.4 Å². The second-order valence-electron chi connectivity index (χ2n) is 8.08. The monoisotopic (exact) mass is 442 g/mol. The van der Waals surface area contributed by atoms with Crippen molar-refractivity contribution in [3.8, 4) is 11.4 Å². The molecule has 0 amide bonds. The van der Waals surface area contributed by atoms with Crippen LogP contribution in [0.15, 0.2) is 30.5 Å². The highest BCUT2D eigenvalue weighted by Gasteiger charge is 2.28. The highest BCUT2D eigenvalue weighted by Crippen LogP contribution is 2.32. The summed E-state index contributed by atoms with van der Waals surface area (Å²) in [4.78, 5) is 11.9. The van der Waals surface area contributed by atoms with E-state index in [-0.39, 0.29) is 10.5 Å². The predicted octanol–water partition coefficient (Wildman–Crippen LogP) is 2.85. The molecular weight excluding hydrogens is 415 g/mol. The van der Waals surface area contributed by atoms with Crippen LogP contribution in [0.3, 0.4) is 0 Å². The normalized spacial score (nSPS) is 18.8. The van der Waals surface area contributed by atoms with Crippen molar-refractivity contribution < 1.29 is 14.8 Å². The molecule has 4 rings (SSSR count). The molecule has 0 radical (unpaired) electrons. The van der Waals surface area contributed by atoms with Crippen LogP contribution >= 0.6 is 11.6 Å². The van der Waals surface area contributed by atoms with Crippen molar-refractivity contribution in [1.29, 1.82) is 0 Å². The van der Waals surface area contributed by atoms with Gasteiger partial charge in [-0.05, 0) is 51.8 Å². The number of nitrogens with zero attached hydrogens (tertiary/aromatic N) is 4. The summed E-state index contributed by atoms with van der Waals surface area (Å²) in [7, 11) is -1.65. The van der Waals surface area contributed by atoms with Crippen LogP contribution in [0.25, 0.3) is 22.4 Å². The Bertz CT molecular complexity index is 1050. The van der Waals surface area contributed by atoms with Gasteiger partial charge in [0.25, 0.3) is 0 Å². The molecule has 1 aliphatic heterocycles. The van der Waals surface area contributed by atoms with Gasteiger partial charge in [-0.2, -0.15) is 0 Å². The van der Waals surface area contributed by atoms with E-state index in [0.29, 0.717) is 37.4 Å². The third-order valence-electron chi connectivity index (χ3n) is 6.05. The summed E-state index contributed by atoms with van der Waals surface area (Å²) < 4.78 is 7.61. The maximum Gasteiger partial charge on any atom is 0.490 e. The van der Waals surface area contributed by atoms with Crippen LogP contribution in [0.1, 0.15) is 33.6 Å². The van der Waals surface area contributed by atoms with Gasteiger partial charge in [0.2, 0.25) is 0 Å². The van der Waals surface area contributed by atoms with Gasteiger partial charge in [-0.1, -0.05) is 17.7 Å². The Hall–Kier alpha value is -2.13. The number of aromatic nitrogens is 3. The minimum Gasteiger partial charge on any atom is -0.423 e. The Morgan fingerprint density at radius 1 is 1.16 bits per heavy atom. The first-order chi connectivity index (χ1) is 14.9. The zero-order valence-electron chi connectivity index (χ0n) is 18.1. The zero-order valence-corrected chi connectivity index (χ0v) is 18.9. The molecule has 1 saturated heterocycles. The van der Waals surface area contributed by atoms with E-state index in [9.17, 15) is 10.0 Å². The minimum absolute atomic E-state index is 0.237. The third kappa shape index (κ3) is 4.17. The summed E-state index contributed by atoms with van der Waals surface area (Å²) >= 11 is 6.46. The van der Waals surface area contributed by atoms with Crippen molar-refractivity contribution in [3.05, 3.63) is 35.5 Å². The Labute approximate surface area is 187 Å². The van der Waals surface area contributed by atoms with Crippen molar-refractivity contribution in [2.45, 2.75) is 52.2 Å². The van der Waals surface area contributed by atoms with Crippen molar-refractivity contribution >= 4 is 41.0 Å². The minimum atomic E-state index is -1.65. The van der Waals surface area contributed by atoms with Crippen LogP contribution in [0.2, 0.25) is 5.02 Å². The number of ether oxygens (including phenoxy) is 1. The number of imidazole rings is 1. The first-order valence-corrected chi connectivity index (χ1v) is 11.2. The number of hydrogen-bond donors (Lipinski definition) is 2. The van der Waals surface area contributed by atoms with Gasteiger partial charge in [-0.25, -0.2) is 9.97 Å². The summed E-state index contributed by atoms with van der Waals surface area (Å²) in [6.45, 7) is 8.20. The van der Waals surface area contributed by atoms with E-state index in [0.717, 1.165) is 22.7 Å². The van der Waals surface area contributed by atoms with Crippen molar-refractivity contribution in [1.82, 2.24) is 14.5 Å². The summed E-state index contributed by atoms with van der Waals surface area (Å²) in [6, 6.07) is 8.47. The quantitative estimate of drug-likeness (QED) is 0.432. The molecule has 2 aromatic heterocycles. The standard InChI is InChI=1S/C22H28BClN4O3/c1-4-31-12-11-27-18-9-8-17(23(29)30)20(24)21(18)26-22(27)16-7-10-19(25-13-16)28-14(2)5-6-15(28)3/h7-10,13-15,29-30H,4-6,11-12H2,1-3H3/t14-,15-/m0/s1. The molecule has 7 nitrogen and oxygen atoms in total. The van der Waals surface area contributed by atoms with Crippen LogP contribution in [-0.4, -0.2) is 57.0 Å². The highest BCUT2D eigenvalue weighted by atomic mass is 35.5. The van der Waals surface area contributed by atoms with E-state index in [1.165, 1.54) is 12.8 Å². The SMILES string of the molecule is CCOCCn1c(-c2ccc(N3[C@@H](C)CC[C@@H]3C)nc2)nc2c(Cl)c(B(O)O)ccc21. The molecule has 0 saturated carbocycles. The highest BCUT2D eigenvalue weighted by molar-refractivity contribution is 6.63. The van der Waals surface area contributed by atoms with Gasteiger partial charge >= 0.3 is 7.12 Å².